The van der Waals surface area contributed by atoms with Crippen LogP contribution in [0.4, 0.5) is 0 Å². The Morgan fingerprint density at radius 2 is 2.22 bits per heavy atom. The summed E-state index contributed by atoms with van der Waals surface area (Å²) < 4.78 is 3.21. The van der Waals surface area contributed by atoms with Gasteiger partial charge in [0.2, 0.25) is 0 Å². The maximum absolute atomic E-state index is 4.43. The molecule has 92 valence electrons. The van der Waals surface area contributed by atoms with Crippen molar-refractivity contribution >= 4 is 21.4 Å². The number of nitrogens with zero attached hydrogens (tertiary/aromatic N) is 3. The van der Waals surface area contributed by atoms with Gasteiger partial charge in [0.25, 0.3) is 0 Å². The highest BCUT2D eigenvalue weighted by atomic mass is 32.1. The van der Waals surface area contributed by atoms with Gasteiger partial charge in [-0.3, -0.25) is 0 Å². The number of aromatic nitrogens is 3. The molecule has 0 bridgehead atoms. The van der Waals surface area contributed by atoms with E-state index in [9.17, 15) is 0 Å². The first-order valence-electron chi connectivity index (χ1n) is 5.85. The van der Waals surface area contributed by atoms with E-state index in [1.807, 2.05) is 11.7 Å². The molecular formula is C13H14N4S. The number of hydrogen-bond donors (Lipinski definition) is 1. The van der Waals surface area contributed by atoms with E-state index in [2.05, 4.69) is 45.0 Å². The van der Waals surface area contributed by atoms with Crippen molar-refractivity contribution in [2.45, 2.75) is 13.1 Å². The van der Waals surface area contributed by atoms with Crippen molar-refractivity contribution in [3.63, 3.8) is 0 Å². The van der Waals surface area contributed by atoms with Gasteiger partial charge in [0.15, 0.2) is 5.82 Å². The molecule has 4 nitrogen and oxygen atoms in total. The van der Waals surface area contributed by atoms with E-state index in [0.717, 1.165) is 12.4 Å². The first-order chi connectivity index (χ1) is 8.86. The standard InChI is InChI=1S/C13H14N4S/c1-14-6-13-15-9-17(16-13)7-10-8-18-12-5-3-2-4-11(10)12/h2-5,8-9,14H,6-7H2,1H3. The lowest BCUT2D eigenvalue weighted by Gasteiger charge is -1.99. The van der Waals surface area contributed by atoms with E-state index in [-0.39, 0.29) is 0 Å². The van der Waals surface area contributed by atoms with Gasteiger partial charge in [0, 0.05) is 4.70 Å². The van der Waals surface area contributed by atoms with Gasteiger partial charge in [-0.25, -0.2) is 9.67 Å². The number of benzene rings is 1. The quantitative estimate of drug-likeness (QED) is 0.780. The molecule has 5 heteroatoms. The second-order valence-electron chi connectivity index (χ2n) is 4.15. The number of rotatable bonds is 4. The fraction of sp³-hybridized carbons (Fsp3) is 0.231. The van der Waals surface area contributed by atoms with Crippen molar-refractivity contribution in [3.05, 3.63) is 47.4 Å². The van der Waals surface area contributed by atoms with Crippen LogP contribution in [-0.4, -0.2) is 21.8 Å². The SMILES string of the molecule is CNCc1ncn(Cc2csc3ccccc23)n1. The minimum atomic E-state index is 0.706. The lowest BCUT2D eigenvalue weighted by atomic mass is 10.2. The Kier molecular flexibility index (Phi) is 3.08. The summed E-state index contributed by atoms with van der Waals surface area (Å²) in [5.41, 5.74) is 1.30. The molecule has 0 radical (unpaired) electrons. The minimum Gasteiger partial charge on any atom is -0.313 e. The molecule has 1 aromatic carbocycles. The maximum Gasteiger partial charge on any atom is 0.164 e. The largest absolute Gasteiger partial charge is 0.313 e. The number of nitrogens with one attached hydrogen (secondary N) is 1. The van der Waals surface area contributed by atoms with Gasteiger partial charge in [0.1, 0.15) is 6.33 Å². The zero-order valence-corrected chi connectivity index (χ0v) is 10.9. The van der Waals surface area contributed by atoms with Crippen molar-refractivity contribution in [3.8, 4) is 0 Å². The monoisotopic (exact) mass is 258 g/mol. The molecule has 0 saturated carbocycles. The van der Waals surface area contributed by atoms with Crippen LogP contribution in [0.25, 0.3) is 10.1 Å². The van der Waals surface area contributed by atoms with Crippen LogP contribution in [0.5, 0.6) is 0 Å². The predicted molar refractivity (Wildman–Crippen MR) is 73.7 cm³/mol. The zero-order valence-electron chi connectivity index (χ0n) is 10.1. The van der Waals surface area contributed by atoms with E-state index in [1.165, 1.54) is 15.6 Å². The van der Waals surface area contributed by atoms with Crippen LogP contribution >= 0.6 is 11.3 Å². The third-order valence-electron chi connectivity index (χ3n) is 2.81. The average Bonchev–Trinajstić information content (AvgIpc) is 2.99. The van der Waals surface area contributed by atoms with Crippen LogP contribution < -0.4 is 5.32 Å². The second kappa shape index (κ2) is 4.88. The molecule has 0 aliphatic carbocycles. The third kappa shape index (κ3) is 2.14. The van der Waals surface area contributed by atoms with Gasteiger partial charge in [-0.15, -0.1) is 11.3 Å². The summed E-state index contributed by atoms with van der Waals surface area (Å²) in [6.45, 7) is 1.48. The number of hydrogen-bond acceptors (Lipinski definition) is 4. The summed E-state index contributed by atoms with van der Waals surface area (Å²) in [4.78, 5) is 4.26. The normalized spacial score (nSPS) is 11.2. The molecule has 2 heterocycles. The average molecular weight is 258 g/mol. The topological polar surface area (TPSA) is 42.7 Å². The highest BCUT2D eigenvalue weighted by Gasteiger charge is 2.05. The molecule has 0 aliphatic rings. The molecule has 0 fully saturated rings. The van der Waals surface area contributed by atoms with Crippen molar-refractivity contribution in [1.82, 2.24) is 20.1 Å². The first kappa shape index (κ1) is 11.4. The Labute approximate surface area is 109 Å². The Hall–Kier alpha value is -1.72. The van der Waals surface area contributed by atoms with Crippen molar-refractivity contribution < 1.29 is 0 Å². The van der Waals surface area contributed by atoms with E-state index in [1.54, 1.807) is 17.7 Å². The van der Waals surface area contributed by atoms with Gasteiger partial charge >= 0.3 is 0 Å². The molecule has 0 atom stereocenters. The lowest BCUT2D eigenvalue weighted by molar-refractivity contribution is 0.662. The summed E-state index contributed by atoms with van der Waals surface area (Å²) in [6.07, 6.45) is 1.79. The molecule has 0 unspecified atom stereocenters. The Balaban J connectivity index is 1.87. The van der Waals surface area contributed by atoms with Crippen molar-refractivity contribution in [2.75, 3.05) is 7.05 Å². The van der Waals surface area contributed by atoms with Crippen LogP contribution in [-0.2, 0) is 13.1 Å². The lowest BCUT2D eigenvalue weighted by Crippen LogP contribution is -2.08. The summed E-state index contributed by atoms with van der Waals surface area (Å²) in [5, 5.41) is 11.0. The summed E-state index contributed by atoms with van der Waals surface area (Å²) in [7, 11) is 1.90. The van der Waals surface area contributed by atoms with Crippen LogP contribution in [0.15, 0.2) is 36.0 Å². The minimum absolute atomic E-state index is 0.706. The summed E-state index contributed by atoms with van der Waals surface area (Å²) in [5.74, 6) is 0.831. The van der Waals surface area contributed by atoms with Gasteiger partial charge in [-0.05, 0) is 29.4 Å². The van der Waals surface area contributed by atoms with Gasteiger partial charge in [0.05, 0.1) is 13.1 Å². The van der Waals surface area contributed by atoms with Gasteiger partial charge < -0.3 is 5.32 Å². The zero-order chi connectivity index (χ0) is 12.4. The number of thiophene rings is 1. The van der Waals surface area contributed by atoms with Crippen LogP contribution in [0.2, 0.25) is 0 Å². The molecule has 0 amide bonds. The molecule has 0 aliphatic heterocycles. The fourth-order valence-corrected chi connectivity index (χ4v) is 2.93. The molecule has 3 aromatic rings. The van der Waals surface area contributed by atoms with Gasteiger partial charge in [-0.2, -0.15) is 5.10 Å². The first-order valence-corrected chi connectivity index (χ1v) is 6.73. The Morgan fingerprint density at radius 3 is 3.11 bits per heavy atom. The maximum atomic E-state index is 4.43. The highest BCUT2D eigenvalue weighted by Crippen LogP contribution is 2.25. The molecule has 1 N–H and O–H groups in total. The van der Waals surface area contributed by atoms with E-state index in [0.29, 0.717) is 6.54 Å². The summed E-state index contributed by atoms with van der Waals surface area (Å²) >= 11 is 1.78. The Morgan fingerprint density at radius 1 is 1.33 bits per heavy atom. The van der Waals surface area contributed by atoms with Gasteiger partial charge in [-0.1, -0.05) is 18.2 Å². The Bertz CT molecular complexity index is 656. The van der Waals surface area contributed by atoms with Crippen molar-refractivity contribution in [2.24, 2.45) is 0 Å². The third-order valence-corrected chi connectivity index (χ3v) is 3.82. The van der Waals surface area contributed by atoms with Crippen LogP contribution in [0.1, 0.15) is 11.4 Å². The molecular weight excluding hydrogens is 244 g/mol. The van der Waals surface area contributed by atoms with Crippen LogP contribution in [0.3, 0.4) is 0 Å². The van der Waals surface area contributed by atoms with Crippen molar-refractivity contribution in [1.29, 1.82) is 0 Å². The molecule has 18 heavy (non-hydrogen) atoms. The fourth-order valence-electron chi connectivity index (χ4n) is 1.98. The smallest absolute Gasteiger partial charge is 0.164 e. The number of fused-ring (bicyclic) bond motifs is 1. The predicted octanol–water partition coefficient (Wildman–Crippen LogP) is 2.26. The summed E-state index contributed by atoms with van der Waals surface area (Å²) in [6, 6.07) is 8.46. The molecule has 2 aromatic heterocycles. The molecule has 0 saturated heterocycles. The highest BCUT2D eigenvalue weighted by molar-refractivity contribution is 7.17. The second-order valence-corrected chi connectivity index (χ2v) is 5.06. The van der Waals surface area contributed by atoms with E-state index >= 15 is 0 Å². The van der Waals surface area contributed by atoms with E-state index < -0.39 is 0 Å². The molecule has 3 rings (SSSR count). The van der Waals surface area contributed by atoms with Crippen LogP contribution in [0, 0.1) is 0 Å². The molecule has 0 spiro atoms. The van der Waals surface area contributed by atoms with E-state index in [4.69, 9.17) is 0 Å².